The molecule has 6 heteroatoms. The SMILES string of the molecule is COC(=O)c1occc1CNc1cccc2[nH]ncc12. The summed E-state index contributed by atoms with van der Waals surface area (Å²) in [5.41, 5.74) is 2.64. The number of hydrogen-bond donors (Lipinski definition) is 2. The monoisotopic (exact) mass is 271 g/mol. The van der Waals surface area contributed by atoms with E-state index in [1.807, 2.05) is 18.2 Å². The summed E-state index contributed by atoms with van der Waals surface area (Å²) >= 11 is 0. The Labute approximate surface area is 114 Å². The Balaban J connectivity index is 1.82. The third kappa shape index (κ3) is 2.11. The number of nitrogens with one attached hydrogen (secondary N) is 2. The summed E-state index contributed by atoms with van der Waals surface area (Å²) in [6.45, 7) is 0.464. The second-order valence-electron chi connectivity index (χ2n) is 4.26. The van der Waals surface area contributed by atoms with E-state index in [4.69, 9.17) is 4.42 Å². The summed E-state index contributed by atoms with van der Waals surface area (Å²) in [7, 11) is 1.33. The number of carbonyl (C=O) groups is 1. The highest BCUT2D eigenvalue weighted by molar-refractivity contribution is 5.91. The van der Waals surface area contributed by atoms with Crippen LogP contribution in [0.15, 0.2) is 41.1 Å². The van der Waals surface area contributed by atoms with Crippen LogP contribution < -0.4 is 5.32 Å². The Morgan fingerprint density at radius 3 is 3.20 bits per heavy atom. The highest BCUT2D eigenvalue weighted by Crippen LogP contribution is 2.22. The van der Waals surface area contributed by atoms with Crippen molar-refractivity contribution in [2.75, 3.05) is 12.4 Å². The summed E-state index contributed by atoms with van der Waals surface area (Å²) in [6.07, 6.45) is 3.23. The quantitative estimate of drug-likeness (QED) is 0.713. The van der Waals surface area contributed by atoms with Gasteiger partial charge in [0.1, 0.15) is 0 Å². The van der Waals surface area contributed by atoms with Crippen molar-refractivity contribution in [3.63, 3.8) is 0 Å². The van der Waals surface area contributed by atoms with Crippen LogP contribution in [0.1, 0.15) is 16.1 Å². The molecule has 0 bridgehead atoms. The number of H-pyrrole nitrogens is 1. The van der Waals surface area contributed by atoms with E-state index < -0.39 is 5.97 Å². The summed E-state index contributed by atoms with van der Waals surface area (Å²) in [5.74, 6) is -0.257. The van der Waals surface area contributed by atoms with Gasteiger partial charge in [-0.1, -0.05) is 6.07 Å². The first-order valence-electron chi connectivity index (χ1n) is 6.10. The standard InChI is InChI=1S/C14H13N3O3/c1-19-14(18)13-9(5-6-20-13)7-15-11-3-2-4-12-10(11)8-16-17-12/h2-6,8,15H,7H2,1H3,(H,16,17). The first kappa shape index (κ1) is 12.3. The Morgan fingerprint density at radius 2 is 2.35 bits per heavy atom. The maximum absolute atomic E-state index is 11.5. The molecule has 0 amide bonds. The predicted molar refractivity (Wildman–Crippen MR) is 73.5 cm³/mol. The minimum atomic E-state index is -0.478. The number of hydrogen-bond acceptors (Lipinski definition) is 5. The summed E-state index contributed by atoms with van der Waals surface area (Å²) in [5, 5.41) is 11.2. The summed E-state index contributed by atoms with van der Waals surface area (Å²) in [6, 6.07) is 7.58. The van der Waals surface area contributed by atoms with Gasteiger partial charge in [0.25, 0.3) is 0 Å². The van der Waals surface area contributed by atoms with E-state index >= 15 is 0 Å². The molecule has 0 aliphatic carbocycles. The molecule has 0 aliphatic heterocycles. The van der Waals surface area contributed by atoms with Gasteiger partial charge in [-0.2, -0.15) is 5.10 Å². The molecule has 2 N–H and O–H groups in total. The molecule has 0 radical (unpaired) electrons. The van der Waals surface area contributed by atoms with Crippen molar-refractivity contribution in [2.24, 2.45) is 0 Å². The molecule has 2 aromatic heterocycles. The van der Waals surface area contributed by atoms with Crippen molar-refractivity contribution in [1.82, 2.24) is 10.2 Å². The van der Waals surface area contributed by atoms with Gasteiger partial charge < -0.3 is 14.5 Å². The van der Waals surface area contributed by atoms with Crippen LogP contribution in [-0.4, -0.2) is 23.3 Å². The number of ether oxygens (including phenoxy) is 1. The summed E-state index contributed by atoms with van der Waals surface area (Å²) < 4.78 is 9.81. The Hall–Kier alpha value is -2.76. The molecular formula is C14H13N3O3. The Bertz CT molecular complexity index is 745. The molecular weight excluding hydrogens is 258 g/mol. The maximum atomic E-state index is 11.5. The predicted octanol–water partition coefficient (Wildman–Crippen LogP) is 2.55. The zero-order valence-corrected chi connectivity index (χ0v) is 10.8. The lowest BCUT2D eigenvalue weighted by molar-refractivity contribution is 0.0563. The number of furan rings is 1. The van der Waals surface area contributed by atoms with Crippen LogP contribution in [-0.2, 0) is 11.3 Å². The van der Waals surface area contributed by atoms with Crippen LogP contribution in [0.25, 0.3) is 10.9 Å². The Morgan fingerprint density at radius 1 is 1.45 bits per heavy atom. The highest BCUT2D eigenvalue weighted by atomic mass is 16.5. The van der Waals surface area contributed by atoms with E-state index in [9.17, 15) is 4.79 Å². The third-order valence-corrected chi connectivity index (χ3v) is 3.07. The van der Waals surface area contributed by atoms with Crippen LogP contribution in [0, 0.1) is 0 Å². The average molecular weight is 271 g/mol. The Kier molecular flexibility index (Phi) is 3.12. The van der Waals surface area contributed by atoms with E-state index in [1.54, 1.807) is 12.3 Å². The number of fused-ring (bicyclic) bond motifs is 1. The molecule has 0 unspecified atom stereocenters. The number of anilines is 1. The molecule has 0 aliphatic rings. The first-order chi connectivity index (χ1) is 9.79. The van der Waals surface area contributed by atoms with Crippen molar-refractivity contribution >= 4 is 22.6 Å². The molecule has 3 rings (SSSR count). The van der Waals surface area contributed by atoms with Crippen molar-refractivity contribution in [3.8, 4) is 0 Å². The lowest BCUT2D eigenvalue weighted by Crippen LogP contribution is -2.06. The molecule has 2 heterocycles. The number of carbonyl (C=O) groups excluding carboxylic acids is 1. The maximum Gasteiger partial charge on any atom is 0.374 e. The average Bonchev–Trinajstić information content (AvgIpc) is 3.12. The van der Waals surface area contributed by atoms with Gasteiger partial charge in [-0.15, -0.1) is 0 Å². The zero-order valence-electron chi connectivity index (χ0n) is 10.8. The fraction of sp³-hybridized carbons (Fsp3) is 0.143. The van der Waals surface area contributed by atoms with Crippen LogP contribution in [0.5, 0.6) is 0 Å². The second kappa shape index (κ2) is 5.08. The van der Waals surface area contributed by atoms with Gasteiger partial charge in [0, 0.05) is 23.2 Å². The number of rotatable bonds is 4. The number of aromatic amines is 1. The van der Waals surface area contributed by atoms with Gasteiger partial charge in [0.2, 0.25) is 5.76 Å². The fourth-order valence-corrected chi connectivity index (χ4v) is 2.06. The largest absolute Gasteiger partial charge is 0.463 e. The molecule has 3 aromatic rings. The minimum absolute atomic E-state index is 0.222. The molecule has 0 fully saturated rings. The third-order valence-electron chi connectivity index (χ3n) is 3.07. The van der Waals surface area contributed by atoms with Crippen molar-refractivity contribution in [1.29, 1.82) is 0 Å². The van der Waals surface area contributed by atoms with Crippen LogP contribution >= 0.6 is 0 Å². The van der Waals surface area contributed by atoms with E-state index in [0.29, 0.717) is 6.54 Å². The molecule has 0 spiro atoms. The van der Waals surface area contributed by atoms with E-state index in [0.717, 1.165) is 22.2 Å². The normalized spacial score (nSPS) is 10.7. The van der Waals surface area contributed by atoms with Gasteiger partial charge in [-0.3, -0.25) is 5.10 Å². The molecule has 0 saturated heterocycles. The number of methoxy groups -OCH3 is 1. The topological polar surface area (TPSA) is 80.1 Å². The number of benzene rings is 1. The number of aromatic nitrogens is 2. The lowest BCUT2D eigenvalue weighted by Gasteiger charge is -2.07. The molecule has 1 aromatic carbocycles. The van der Waals surface area contributed by atoms with Crippen LogP contribution in [0.2, 0.25) is 0 Å². The molecule has 0 saturated carbocycles. The second-order valence-corrected chi connectivity index (χ2v) is 4.26. The van der Waals surface area contributed by atoms with Crippen LogP contribution in [0.3, 0.4) is 0 Å². The van der Waals surface area contributed by atoms with E-state index in [1.165, 1.54) is 13.4 Å². The van der Waals surface area contributed by atoms with E-state index in [2.05, 4.69) is 20.3 Å². The molecule has 102 valence electrons. The lowest BCUT2D eigenvalue weighted by atomic mass is 10.2. The van der Waals surface area contributed by atoms with Gasteiger partial charge in [-0.05, 0) is 18.2 Å². The minimum Gasteiger partial charge on any atom is -0.463 e. The fourth-order valence-electron chi connectivity index (χ4n) is 2.06. The number of nitrogens with zero attached hydrogens (tertiary/aromatic N) is 1. The first-order valence-corrected chi connectivity index (χ1v) is 6.10. The number of esters is 1. The highest BCUT2D eigenvalue weighted by Gasteiger charge is 2.15. The van der Waals surface area contributed by atoms with Gasteiger partial charge in [0.15, 0.2) is 0 Å². The molecule has 0 atom stereocenters. The van der Waals surface area contributed by atoms with Crippen LogP contribution in [0.4, 0.5) is 5.69 Å². The smallest absolute Gasteiger partial charge is 0.374 e. The van der Waals surface area contributed by atoms with Gasteiger partial charge >= 0.3 is 5.97 Å². The molecule has 6 nitrogen and oxygen atoms in total. The van der Waals surface area contributed by atoms with E-state index in [-0.39, 0.29) is 5.76 Å². The van der Waals surface area contributed by atoms with Crippen molar-refractivity contribution in [3.05, 3.63) is 48.0 Å². The van der Waals surface area contributed by atoms with Gasteiger partial charge in [0.05, 0.1) is 25.1 Å². The molecule has 20 heavy (non-hydrogen) atoms. The summed E-state index contributed by atoms with van der Waals surface area (Å²) in [4.78, 5) is 11.5. The van der Waals surface area contributed by atoms with Crippen molar-refractivity contribution in [2.45, 2.75) is 6.54 Å². The zero-order chi connectivity index (χ0) is 13.9. The van der Waals surface area contributed by atoms with Crippen molar-refractivity contribution < 1.29 is 13.9 Å². The van der Waals surface area contributed by atoms with Gasteiger partial charge in [-0.25, -0.2) is 4.79 Å².